The number of esters is 1. The summed E-state index contributed by atoms with van der Waals surface area (Å²) < 4.78 is 66.7. The molecule has 0 saturated carbocycles. The lowest BCUT2D eigenvalue weighted by Gasteiger charge is -2.13. The number of sulfonamides is 1. The van der Waals surface area contributed by atoms with Crippen molar-refractivity contribution in [3.63, 3.8) is 0 Å². The van der Waals surface area contributed by atoms with Crippen LogP contribution in [-0.4, -0.2) is 26.9 Å². The average Bonchev–Trinajstić information content (AvgIpc) is 2.77. The predicted octanol–water partition coefficient (Wildman–Crippen LogP) is 3.89. The summed E-state index contributed by atoms with van der Waals surface area (Å²) in [6.45, 7) is -0.698. The molecule has 0 aromatic heterocycles. The molecule has 3 aromatic carbocycles. The third-order valence-corrected chi connectivity index (χ3v) is 5.31. The van der Waals surface area contributed by atoms with Gasteiger partial charge in [0, 0.05) is 11.4 Å². The molecule has 0 unspecified atom stereocenters. The second-order valence-corrected chi connectivity index (χ2v) is 8.51. The van der Waals surface area contributed by atoms with Gasteiger partial charge in [-0.15, -0.1) is 0 Å². The SMILES string of the molecule is NS(=O)(=O)c1cccc(NC(=O)COC(=O)c2ccccc2Nc2cccc(C(F)(F)F)c2)c1. The number of benzene rings is 3. The number of hydrogen-bond donors (Lipinski definition) is 3. The van der Waals surface area contributed by atoms with Crippen LogP contribution < -0.4 is 15.8 Å². The molecule has 1 amide bonds. The van der Waals surface area contributed by atoms with Crippen LogP contribution in [0.25, 0.3) is 0 Å². The van der Waals surface area contributed by atoms with E-state index in [2.05, 4.69) is 10.6 Å². The molecule has 3 aromatic rings. The van der Waals surface area contributed by atoms with E-state index in [4.69, 9.17) is 9.88 Å². The lowest BCUT2D eigenvalue weighted by atomic mass is 10.1. The van der Waals surface area contributed by atoms with Gasteiger partial charge in [0.05, 0.1) is 21.7 Å². The van der Waals surface area contributed by atoms with Gasteiger partial charge in [-0.25, -0.2) is 18.4 Å². The number of nitrogens with two attached hydrogens (primary N) is 1. The van der Waals surface area contributed by atoms with Gasteiger partial charge < -0.3 is 15.4 Å². The van der Waals surface area contributed by atoms with Crippen LogP contribution in [0.2, 0.25) is 0 Å². The van der Waals surface area contributed by atoms with Crippen molar-refractivity contribution in [3.05, 3.63) is 83.9 Å². The number of primary sulfonamides is 1. The molecule has 3 rings (SSSR count). The van der Waals surface area contributed by atoms with Gasteiger partial charge in [-0.3, -0.25) is 4.79 Å². The average molecular weight is 493 g/mol. The Balaban J connectivity index is 1.67. The monoisotopic (exact) mass is 493 g/mol. The van der Waals surface area contributed by atoms with Crippen molar-refractivity contribution >= 4 is 39.0 Å². The molecule has 4 N–H and O–H groups in total. The first-order chi connectivity index (χ1) is 15.9. The molecule has 0 saturated heterocycles. The third-order valence-electron chi connectivity index (χ3n) is 4.40. The Labute approximate surface area is 192 Å². The fourth-order valence-corrected chi connectivity index (χ4v) is 3.42. The van der Waals surface area contributed by atoms with Crippen LogP contribution in [0.5, 0.6) is 0 Å². The minimum atomic E-state index is -4.53. The summed E-state index contributed by atoms with van der Waals surface area (Å²) in [5, 5.41) is 10.2. The second kappa shape index (κ2) is 9.93. The zero-order valence-corrected chi connectivity index (χ0v) is 18.1. The molecule has 0 bridgehead atoms. The number of hydrogen-bond acceptors (Lipinski definition) is 6. The number of anilines is 3. The van der Waals surface area contributed by atoms with Crippen molar-refractivity contribution in [2.45, 2.75) is 11.1 Å². The Morgan fingerprint density at radius 2 is 1.59 bits per heavy atom. The van der Waals surface area contributed by atoms with Crippen molar-refractivity contribution in [1.29, 1.82) is 0 Å². The highest BCUT2D eigenvalue weighted by Crippen LogP contribution is 2.32. The van der Waals surface area contributed by atoms with Gasteiger partial charge >= 0.3 is 12.1 Å². The van der Waals surface area contributed by atoms with E-state index in [-0.39, 0.29) is 27.5 Å². The van der Waals surface area contributed by atoms with Gasteiger partial charge in [0.25, 0.3) is 5.91 Å². The molecule has 0 radical (unpaired) electrons. The highest BCUT2D eigenvalue weighted by atomic mass is 32.2. The molecule has 0 spiro atoms. The number of amides is 1. The van der Waals surface area contributed by atoms with Crippen molar-refractivity contribution in [2.24, 2.45) is 5.14 Å². The van der Waals surface area contributed by atoms with Crippen LogP contribution in [-0.2, 0) is 25.7 Å². The van der Waals surface area contributed by atoms with Crippen LogP contribution in [0.1, 0.15) is 15.9 Å². The minimum absolute atomic E-state index is 0.0102. The quantitative estimate of drug-likeness (QED) is 0.429. The molecular weight excluding hydrogens is 475 g/mol. The Morgan fingerprint density at radius 1 is 0.912 bits per heavy atom. The number of nitrogens with one attached hydrogen (secondary N) is 2. The minimum Gasteiger partial charge on any atom is -0.452 e. The highest BCUT2D eigenvalue weighted by molar-refractivity contribution is 7.89. The van der Waals surface area contributed by atoms with E-state index < -0.39 is 40.2 Å². The van der Waals surface area contributed by atoms with E-state index in [1.807, 2.05) is 0 Å². The van der Waals surface area contributed by atoms with Gasteiger partial charge in [-0.1, -0.05) is 24.3 Å². The first-order valence-electron chi connectivity index (χ1n) is 9.56. The summed E-state index contributed by atoms with van der Waals surface area (Å²) in [4.78, 5) is 24.4. The Morgan fingerprint density at radius 3 is 2.29 bits per heavy atom. The molecule has 12 heteroatoms. The van der Waals surface area contributed by atoms with Crippen molar-refractivity contribution < 1.29 is 35.9 Å². The predicted molar refractivity (Wildman–Crippen MR) is 118 cm³/mol. The number of alkyl halides is 3. The second-order valence-electron chi connectivity index (χ2n) is 6.95. The van der Waals surface area contributed by atoms with E-state index in [0.29, 0.717) is 0 Å². The van der Waals surface area contributed by atoms with Gasteiger partial charge in [-0.2, -0.15) is 13.2 Å². The number of carbonyl (C=O) groups is 2. The van der Waals surface area contributed by atoms with E-state index in [0.717, 1.165) is 18.2 Å². The topological polar surface area (TPSA) is 128 Å². The highest BCUT2D eigenvalue weighted by Gasteiger charge is 2.30. The molecule has 0 aliphatic heterocycles. The maximum Gasteiger partial charge on any atom is 0.416 e. The van der Waals surface area contributed by atoms with Crippen LogP contribution in [0.4, 0.5) is 30.2 Å². The van der Waals surface area contributed by atoms with Crippen molar-refractivity contribution in [3.8, 4) is 0 Å². The molecule has 0 aliphatic carbocycles. The maximum absolute atomic E-state index is 13.0. The normalized spacial score (nSPS) is 11.5. The van der Waals surface area contributed by atoms with Crippen molar-refractivity contribution in [2.75, 3.05) is 17.2 Å². The zero-order chi connectivity index (χ0) is 24.9. The zero-order valence-electron chi connectivity index (χ0n) is 17.3. The number of halogens is 3. The fourth-order valence-electron chi connectivity index (χ4n) is 2.86. The molecule has 8 nitrogen and oxygen atoms in total. The molecule has 0 atom stereocenters. The summed E-state index contributed by atoms with van der Waals surface area (Å²) >= 11 is 0. The van der Waals surface area contributed by atoms with E-state index >= 15 is 0 Å². The number of carbonyl (C=O) groups excluding carboxylic acids is 2. The largest absolute Gasteiger partial charge is 0.452 e. The van der Waals surface area contributed by atoms with Gasteiger partial charge in [0.15, 0.2) is 6.61 Å². The maximum atomic E-state index is 13.0. The summed E-state index contributed by atoms with van der Waals surface area (Å²) in [6.07, 6.45) is -4.53. The summed E-state index contributed by atoms with van der Waals surface area (Å²) in [6, 6.07) is 15.6. The number of rotatable bonds is 7. The summed E-state index contributed by atoms with van der Waals surface area (Å²) in [5.41, 5.74) is -0.473. The first kappa shape index (κ1) is 24.7. The van der Waals surface area contributed by atoms with E-state index in [1.54, 1.807) is 6.07 Å². The standard InChI is InChI=1S/C22H18F3N3O5S/c23-22(24,25)14-5-3-6-15(11-14)27-19-10-2-1-9-18(19)21(30)33-13-20(29)28-16-7-4-8-17(12-16)34(26,31)32/h1-12,27H,13H2,(H,28,29)(H2,26,31,32). The van der Waals surface area contributed by atoms with Gasteiger partial charge in [0.1, 0.15) is 0 Å². The van der Waals surface area contributed by atoms with Crippen LogP contribution in [0.15, 0.2) is 77.7 Å². The fraction of sp³-hybridized carbons (Fsp3) is 0.0909. The molecule has 178 valence electrons. The van der Waals surface area contributed by atoms with Crippen LogP contribution in [0, 0.1) is 0 Å². The van der Waals surface area contributed by atoms with Gasteiger partial charge in [-0.05, 0) is 48.5 Å². The summed E-state index contributed by atoms with van der Waals surface area (Å²) in [7, 11) is -3.97. The number of ether oxygens (including phenoxy) is 1. The van der Waals surface area contributed by atoms with Crippen LogP contribution >= 0.6 is 0 Å². The van der Waals surface area contributed by atoms with Crippen molar-refractivity contribution in [1.82, 2.24) is 0 Å². The van der Waals surface area contributed by atoms with Crippen LogP contribution in [0.3, 0.4) is 0 Å². The lowest BCUT2D eigenvalue weighted by molar-refractivity contribution is -0.137. The molecule has 0 fully saturated rings. The Kier molecular flexibility index (Phi) is 7.23. The third kappa shape index (κ3) is 6.56. The Bertz CT molecular complexity index is 1330. The molecule has 0 heterocycles. The molecule has 0 aliphatic rings. The summed E-state index contributed by atoms with van der Waals surface area (Å²) in [5.74, 6) is -1.65. The van der Waals surface area contributed by atoms with E-state index in [9.17, 15) is 31.2 Å². The van der Waals surface area contributed by atoms with Gasteiger partial charge in [0.2, 0.25) is 10.0 Å². The molecular formula is C22H18F3N3O5S. The number of para-hydroxylation sites is 1. The Hall–Kier alpha value is -3.90. The first-order valence-corrected chi connectivity index (χ1v) is 11.1. The lowest BCUT2D eigenvalue weighted by Crippen LogP contribution is -2.21. The molecule has 34 heavy (non-hydrogen) atoms. The van der Waals surface area contributed by atoms with E-state index in [1.165, 1.54) is 48.5 Å². The smallest absolute Gasteiger partial charge is 0.416 e.